The number of rotatable bonds is 10. The number of ketones is 1. The number of carbonyl (C=O) groups excluding carboxylic acids is 1. The highest BCUT2D eigenvalue weighted by Crippen LogP contribution is 2.15. The lowest BCUT2D eigenvalue weighted by Crippen LogP contribution is -2.09. The average molecular weight is 607 g/mol. The Morgan fingerprint density at radius 2 is 0.857 bits per heavy atom. The summed E-state index contributed by atoms with van der Waals surface area (Å²) < 4.78 is 0. The number of hydrogen-bond acceptors (Lipinski definition) is 2. The molecule has 0 aliphatic carbocycles. The van der Waals surface area contributed by atoms with Crippen molar-refractivity contribution in [2.45, 2.75) is 151 Å². The van der Waals surface area contributed by atoms with Crippen LogP contribution in [0.4, 0.5) is 0 Å². The van der Waals surface area contributed by atoms with Gasteiger partial charge in [0.25, 0.3) is 0 Å². The van der Waals surface area contributed by atoms with E-state index in [9.17, 15) is 4.79 Å². The first-order valence-corrected chi connectivity index (χ1v) is 17.2. The Morgan fingerprint density at radius 1 is 0.548 bits per heavy atom. The molecule has 42 heavy (non-hydrogen) atoms. The van der Waals surface area contributed by atoms with Gasteiger partial charge in [-0.3, -0.25) is 4.79 Å². The Morgan fingerprint density at radius 3 is 0.952 bits per heavy atom. The lowest BCUT2D eigenvalue weighted by molar-refractivity contribution is -0.122. The molecule has 0 rings (SSSR count). The standard InChI is InChI=1S/C8H16O.C8H16S.C8H16.C8H14.C8H16/c2*1-6(2)5-8(9)7(3)4;2*1-7(2)5-6-8(3)4;1-6(2)8(5)7(3)4/h2*6-7H,5H2,1-4H3;5-8H,1-4H3;7-8H,1-4H3;6-7H,5H2,1-4H3/b;;6-5+;;. The number of Topliss-reactive ketones (excluding diaryl/α,β-unsaturated/α-hetero) is 1. The maximum absolute atomic E-state index is 11.0. The van der Waals surface area contributed by atoms with Gasteiger partial charge in [-0.1, -0.05) is 175 Å². The van der Waals surface area contributed by atoms with Gasteiger partial charge in [0, 0.05) is 24.2 Å². The van der Waals surface area contributed by atoms with Crippen molar-refractivity contribution in [1.82, 2.24) is 0 Å². The van der Waals surface area contributed by atoms with Crippen molar-refractivity contribution in [2.24, 2.45) is 59.2 Å². The van der Waals surface area contributed by atoms with Gasteiger partial charge in [-0.05, 0) is 52.7 Å². The van der Waals surface area contributed by atoms with E-state index in [2.05, 4.69) is 155 Å². The summed E-state index contributed by atoms with van der Waals surface area (Å²) in [5.41, 5.74) is 1.35. The van der Waals surface area contributed by atoms with E-state index in [1.54, 1.807) is 0 Å². The van der Waals surface area contributed by atoms with Crippen LogP contribution in [0.2, 0.25) is 0 Å². The molecular weight excluding hydrogens is 529 g/mol. The Labute approximate surface area is 273 Å². The smallest absolute Gasteiger partial charge is 0.135 e. The van der Waals surface area contributed by atoms with Crippen LogP contribution in [0.5, 0.6) is 0 Å². The Kier molecular flexibility index (Phi) is 37.5. The second-order valence-corrected chi connectivity index (χ2v) is 15.3. The predicted molar refractivity (Wildman–Crippen MR) is 201 cm³/mol. The molecule has 0 radical (unpaired) electrons. The minimum absolute atomic E-state index is 0.215. The molecule has 0 aliphatic rings. The van der Waals surface area contributed by atoms with Crippen molar-refractivity contribution in [2.75, 3.05) is 0 Å². The highest BCUT2D eigenvalue weighted by molar-refractivity contribution is 7.80. The van der Waals surface area contributed by atoms with Crippen LogP contribution < -0.4 is 0 Å². The molecule has 0 aromatic heterocycles. The summed E-state index contributed by atoms with van der Waals surface area (Å²) in [5.74, 6) is 12.4. The van der Waals surface area contributed by atoms with Crippen LogP contribution >= 0.6 is 12.2 Å². The minimum atomic E-state index is 0.215. The number of thiocarbonyl (C=S) groups is 1. The van der Waals surface area contributed by atoms with Gasteiger partial charge in [-0.15, -0.1) is 11.8 Å². The molecule has 0 unspecified atom stereocenters. The monoisotopic (exact) mass is 607 g/mol. The van der Waals surface area contributed by atoms with Crippen molar-refractivity contribution in [3.63, 3.8) is 0 Å². The summed E-state index contributed by atoms with van der Waals surface area (Å²) >= 11 is 5.15. The van der Waals surface area contributed by atoms with Crippen LogP contribution in [-0.2, 0) is 4.79 Å². The third-order valence-electron chi connectivity index (χ3n) is 5.53. The zero-order chi connectivity index (χ0) is 34.7. The van der Waals surface area contributed by atoms with Crippen molar-refractivity contribution in [3.8, 4) is 11.8 Å². The van der Waals surface area contributed by atoms with Crippen LogP contribution in [0.25, 0.3) is 0 Å². The Hall–Kier alpha value is -1.20. The zero-order valence-corrected chi connectivity index (χ0v) is 33.2. The summed E-state index contributed by atoms with van der Waals surface area (Å²) in [6.45, 7) is 46.6. The van der Waals surface area contributed by atoms with E-state index in [-0.39, 0.29) is 5.92 Å². The zero-order valence-electron chi connectivity index (χ0n) is 32.4. The summed E-state index contributed by atoms with van der Waals surface area (Å²) in [6, 6.07) is 0. The SMILES string of the molecule is C=C(C(C)C)C(C)C.CC(C)/C=C/C(C)C.CC(C)C#CC(C)C.CC(C)CC(=O)C(C)C.CC(C)CC(=S)C(C)C. The highest BCUT2D eigenvalue weighted by Gasteiger charge is 2.08. The van der Waals surface area contributed by atoms with Gasteiger partial charge in [0.1, 0.15) is 5.78 Å². The molecule has 0 fully saturated rings. The van der Waals surface area contributed by atoms with E-state index in [0.717, 1.165) is 18.8 Å². The lowest BCUT2D eigenvalue weighted by Gasteiger charge is -2.11. The summed E-state index contributed by atoms with van der Waals surface area (Å²) in [4.78, 5) is 12.2. The minimum Gasteiger partial charge on any atom is -0.299 e. The summed E-state index contributed by atoms with van der Waals surface area (Å²) in [5, 5.41) is 0. The highest BCUT2D eigenvalue weighted by atomic mass is 32.1. The van der Waals surface area contributed by atoms with E-state index >= 15 is 0 Å². The fourth-order valence-electron chi connectivity index (χ4n) is 2.72. The van der Waals surface area contributed by atoms with Crippen molar-refractivity contribution >= 4 is 22.9 Å². The second kappa shape index (κ2) is 31.2. The molecule has 250 valence electrons. The maximum atomic E-state index is 11.0. The molecule has 0 aliphatic heterocycles. The first-order chi connectivity index (χ1) is 18.9. The molecular formula is C40H78OS. The quantitative estimate of drug-likeness (QED) is 0.140. The number of carbonyl (C=O) groups is 1. The molecule has 2 heteroatoms. The maximum Gasteiger partial charge on any atom is 0.135 e. The van der Waals surface area contributed by atoms with Crippen molar-refractivity contribution in [3.05, 3.63) is 24.3 Å². The molecule has 0 saturated carbocycles. The van der Waals surface area contributed by atoms with Gasteiger partial charge in [0.2, 0.25) is 0 Å². The average Bonchev–Trinajstić information content (AvgIpc) is 2.81. The molecule has 0 spiro atoms. The van der Waals surface area contributed by atoms with Gasteiger partial charge in [-0.25, -0.2) is 0 Å². The van der Waals surface area contributed by atoms with E-state index in [0.29, 0.717) is 53.1 Å². The van der Waals surface area contributed by atoms with Gasteiger partial charge in [0.15, 0.2) is 0 Å². The molecule has 0 saturated heterocycles. The van der Waals surface area contributed by atoms with E-state index in [1.165, 1.54) is 10.4 Å². The van der Waals surface area contributed by atoms with E-state index in [4.69, 9.17) is 12.2 Å². The van der Waals surface area contributed by atoms with Crippen molar-refractivity contribution < 1.29 is 4.79 Å². The van der Waals surface area contributed by atoms with Crippen LogP contribution in [-0.4, -0.2) is 10.6 Å². The molecule has 0 heterocycles. The van der Waals surface area contributed by atoms with E-state index in [1.807, 2.05) is 13.8 Å². The molecule has 1 nitrogen and oxygen atoms in total. The molecule has 0 bridgehead atoms. The van der Waals surface area contributed by atoms with E-state index < -0.39 is 0 Å². The molecule has 0 atom stereocenters. The van der Waals surface area contributed by atoms with Crippen LogP contribution in [0, 0.1) is 71.0 Å². The first kappa shape index (κ1) is 50.4. The molecule has 0 aromatic rings. The largest absolute Gasteiger partial charge is 0.299 e. The normalized spacial score (nSPS) is 10.8. The topological polar surface area (TPSA) is 17.1 Å². The Bertz CT molecular complexity index is 673. The first-order valence-electron chi connectivity index (χ1n) is 16.8. The van der Waals surface area contributed by atoms with Gasteiger partial charge < -0.3 is 0 Å². The van der Waals surface area contributed by atoms with Gasteiger partial charge >= 0.3 is 0 Å². The fraction of sp³-hybridized carbons (Fsp3) is 0.800. The summed E-state index contributed by atoms with van der Waals surface area (Å²) in [6.07, 6.45) is 6.32. The Balaban J connectivity index is -0.000000136. The van der Waals surface area contributed by atoms with Gasteiger partial charge in [-0.2, -0.15) is 0 Å². The summed E-state index contributed by atoms with van der Waals surface area (Å²) in [7, 11) is 0. The van der Waals surface area contributed by atoms with Crippen LogP contribution in [0.1, 0.15) is 151 Å². The molecule has 0 aromatic carbocycles. The second-order valence-electron chi connectivity index (χ2n) is 14.8. The van der Waals surface area contributed by atoms with Crippen molar-refractivity contribution in [1.29, 1.82) is 0 Å². The molecule has 0 N–H and O–H groups in total. The van der Waals surface area contributed by atoms with Gasteiger partial charge in [0.05, 0.1) is 0 Å². The number of allylic oxidation sites excluding steroid dienone is 3. The van der Waals surface area contributed by atoms with Crippen LogP contribution in [0.3, 0.4) is 0 Å². The number of hydrogen-bond donors (Lipinski definition) is 0. The third kappa shape index (κ3) is 51.5. The molecule has 0 amide bonds. The third-order valence-corrected chi connectivity index (χ3v) is 6.17. The predicted octanol–water partition coefficient (Wildman–Crippen LogP) is 13.3. The fourth-order valence-corrected chi connectivity index (χ4v) is 3.05. The lowest BCUT2D eigenvalue weighted by atomic mass is 9.95. The van der Waals surface area contributed by atoms with Crippen LogP contribution in [0.15, 0.2) is 24.3 Å².